The molecule has 0 saturated heterocycles. The fourth-order valence-electron chi connectivity index (χ4n) is 4.68. The molecular formula is C23H26N2O4. The lowest BCUT2D eigenvalue weighted by Crippen LogP contribution is -2.43. The van der Waals surface area contributed by atoms with E-state index in [2.05, 4.69) is 16.4 Å². The van der Waals surface area contributed by atoms with Crippen LogP contribution in [0.4, 0.5) is 0 Å². The Morgan fingerprint density at radius 1 is 1.10 bits per heavy atom. The fraction of sp³-hybridized carbons (Fsp3) is 0.435. The van der Waals surface area contributed by atoms with Crippen LogP contribution in [-0.2, 0) is 24.1 Å². The number of hydrogen-bond acceptors (Lipinski definition) is 3. The Morgan fingerprint density at radius 3 is 2.69 bits per heavy atom. The first kappa shape index (κ1) is 19.4. The van der Waals surface area contributed by atoms with Crippen molar-refractivity contribution in [3.63, 3.8) is 0 Å². The third-order valence-corrected chi connectivity index (χ3v) is 6.20. The standard InChI is InChI=1S/C23H26N2O4/c26-21-18(12-16-7-2-4-11-19(16)24-21)22(27)25-20(23(28)29)13-15-9-5-8-14-6-1-3-10-17(14)15/h1,3,6,10,12,15,20H,2,4-5,7-9,11,13H2,(H,24,26)(H,25,27)(H,28,29). The van der Waals surface area contributed by atoms with Crippen LogP contribution < -0.4 is 10.9 Å². The molecule has 0 saturated carbocycles. The Balaban J connectivity index is 1.53. The van der Waals surface area contributed by atoms with Gasteiger partial charge in [0.2, 0.25) is 0 Å². The van der Waals surface area contributed by atoms with Gasteiger partial charge >= 0.3 is 5.97 Å². The Labute approximate surface area is 169 Å². The summed E-state index contributed by atoms with van der Waals surface area (Å²) in [5, 5.41) is 12.3. The van der Waals surface area contributed by atoms with Crippen molar-refractivity contribution in [1.82, 2.24) is 10.3 Å². The first-order valence-corrected chi connectivity index (χ1v) is 10.4. The maximum Gasteiger partial charge on any atom is 0.326 e. The van der Waals surface area contributed by atoms with Gasteiger partial charge in [0.05, 0.1) is 0 Å². The number of aliphatic carboxylic acids is 1. The van der Waals surface area contributed by atoms with Gasteiger partial charge in [-0.05, 0) is 80.0 Å². The summed E-state index contributed by atoms with van der Waals surface area (Å²) in [6, 6.07) is 8.71. The van der Waals surface area contributed by atoms with Crippen molar-refractivity contribution >= 4 is 11.9 Å². The Kier molecular flexibility index (Phi) is 5.51. The van der Waals surface area contributed by atoms with Crippen LogP contribution in [0, 0.1) is 0 Å². The number of carbonyl (C=O) groups excluding carboxylic acids is 1. The van der Waals surface area contributed by atoms with E-state index in [0.29, 0.717) is 6.42 Å². The first-order chi connectivity index (χ1) is 14.0. The minimum atomic E-state index is -1.07. The summed E-state index contributed by atoms with van der Waals surface area (Å²) in [6.45, 7) is 0. The van der Waals surface area contributed by atoms with E-state index < -0.39 is 23.5 Å². The van der Waals surface area contributed by atoms with E-state index in [1.54, 1.807) is 6.07 Å². The SMILES string of the molecule is O=C(NC(CC1CCCc2ccccc21)C(=O)O)c1cc2c([nH]c1=O)CCCC2. The van der Waals surface area contributed by atoms with Crippen LogP contribution in [0.25, 0.3) is 0 Å². The molecule has 0 radical (unpaired) electrons. The van der Waals surface area contributed by atoms with E-state index in [-0.39, 0.29) is 11.5 Å². The van der Waals surface area contributed by atoms with Crippen LogP contribution in [0.15, 0.2) is 35.1 Å². The van der Waals surface area contributed by atoms with Crippen molar-refractivity contribution in [2.45, 2.75) is 63.3 Å². The molecule has 0 fully saturated rings. The average molecular weight is 394 g/mol. The predicted octanol–water partition coefficient (Wildman–Crippen LogP) is 2.95. The number of pyridine rings is 1. The van der Waals surface area contributed by atoms with Crippen molar-refractivity contribution in [3.8, 4) is 0 Å². The maximum absolute atomic E-state index is 12.8. The lowest BCUT2D eigenvalue weighted by Gasteiger charge is -2.28. The van der Waals surface area contributed by atoms with Crippen LogP contribution >= 0.6 is 0 Å². The molecule has 1 amide bonds. The summed E-state index contributed by atoms with van der Waals surface area (Å²) in [6.07, 6.45) is 6.92. The Morgan fingerprint density at radius 2 is 1.86 bits per heavy atom. The molecule has 2 unspecified atom stereocenters. The van der Waals surface area contributed by atoms with Gasteiger partial charge in [-0.25, -0.2) is 4.79 Å². The third kappa shape index (κ3) is 4.11. The number of fused-ring (bicyclic) bond motifs is 2. The molecular weight excluding hydrogens is 368 g/mol. The third-order valence-electron chi connectivity index (χ3n) is 6.20. The zero-order valence-electron chi connectivity index (χ0n) is 16.4. The highest BCUT2D eigenvalue weighted by atomic mass is 16.4. The Hall–Kier alpha value is -2.89. The molecule has 6 heteroatoms. The smallest absolute Gasteiger partial charge is 0.326 e. The molecule has 152 valence electrons. The first-order valence-electron chi connectivity index (χ1n) is 10.4. The monoisotopic (exact) mass is 394 g/mol. The average Bonchev–Trinajstić information content (AvgIpc) is 2.72. The number of amides is 1. The summed E-state index contributed by atoms with van der Waals surface area (Å²) in [5.74, 6) is -1.60. The number of carboxylic acid groups (broad SMARTS) is 1. The molecule has 1 aromatic heterocycles. The van der Waals surface area contributed by atoms with Gasteiger partial charge in [-0.3, -0.25) is 9.59 Å². The number of rotatable bonds is 5. The zero-order chi connectivity index (χ0) is 20.4. The molecule has 2 aliphatic rings. The minimum absolute atomic E-state index is 0.000874. The van der Waals surface area contributed by atoms with Crippen molar-refractivity contribution in [2.75, 3.05) is 0 Å². The molecule has 1 heterocycles. The molecule has 4 rings (SSSR count). The molecule has 2 aliphatic carbocycles. The summed E-state index contributed by atoms with van der Waals surface area (Å²) in [4.78, 5) is 39.8. The summed E-state index contributed by atoms with van der Waals surface area (Å²) in [5.41, 5.74) is 3.85. The van der Waals surface area contributed by atoms with E-state index in [9.17, 15) is 19.5 Å². The summed E-state index contributed by atoms with van der Waals surface area (Å²) >= 11 is 0. The minimum Gasteiger partial charge on any atom is -0.480 e. The quantitative estimate of drug-likeness (QED) is 0.726. The second-order valence-electron chi connectivity index (χ2n) is 8.11. The predicted molar refractivity (Wildman–Crippen MR) is 109 cm³/mol. The van der Waals surface area contributed by atoms with Crippen LogP contribution in [0.5, 0.6) is 0 Å². The van der Waals surface area contributed by atoms with Gasteiger partial charge in [-0.15, -0.1) is 0 Å². The number of H-pyrrole nitrogens is 1. The van der Waals surface area contributed by atoms with Gasteiger partial charge in [0.15, 0.2) is 0 Å². The van der Waals surface area contributed by atoms with Gasteiger partial charge in [-0.1, -0.05) is 24.3 Å². The molecule has 0 aliphatic heterocycles. The number of carboxylic acids is 1. The number of aromatic nitrogens is 1. The largest absolute Gasteiger partial charge is 0.480 e. The highest BCUT2D eigenvalue weighted by Gasteiger charge is 2.29. The highest BCUT2D eigenvalue weighted by molar-refractivity contribution is 5.96. The molecule has 0 bridgehead atoms. The highest BCUT2D eigenvalue weighted by Crippen LogP contribution is 2.34. The number of carbonyl (C=O) groups is 2. The molecule has 3 N–H and O–H groups in total. The second kappa shape index (κ2) is 8.23. The van der Waals surface area contributed by atoms with Crippen LogP contribution in [0.2, 0.25) is 0 Å². The van der Waals surface area contributed by atoms with Gasteiger partial charge in [-0.2, -0.15) is 0 Å². The number of aryl methyl sites for hydroxylation is 3. The van der Waals surface area contributed by atoms with Gasteiger partial charge < -0.3 is 15.4 Å². The molecule has 29 heavy (non-hydrogen) atoms. The lowest BCUT2D eigenvalue weighted by atomic mass is 9.79. The van der Waals surface area contributed by atoms with Crippen LogP contribution in [0.3, 0.4) is 0 Å². The molecule has 2 aromatic rings. The topological polar surface area (TPSA) is 99.3 Å². The van der Waals surface area contributed by atoms with E-state index in [0.717, 1.165) is 56.2 Å². The fourth-order valence-corrected chi connectivity index (χ4v) is 4.68. The summed E-state index contributed by atoms with van der Waals surface area (Å²) in [7, 11) is 0. The molecule has 6 nitrogen and oxygen atoms in total. The number of hydrogen-bond donors (Lipinski definition) is 3. The van der Waals surface area contributed by atoms with E-state index in [1.165, 1.54) is 11.1 Å². The van der Waals surface area contributed by atoms with Crippen molar-refractivity contribution in [3.05, 3.63) is 68.6 Å². The van der Waals surface area contributed by atoms with Crippen LogP contribution in [0.1, 0.15) is 70.8 Å². The molecule has 2 atom stereocenters. The number of aromatic amines is 1. The van der Waals surface area contributed by atoms with Crippen LogP contribution in [-0.4, -0.2) is 28.0 Å². The van der Waals surface area contributed by atoms with Gasteiger partial charge in [0, 0.05) is 5.69 Å². The normalized spacial score (nSPS) is 19.0. The van der Waals surface area contributed by atoms with E-state index in [1.807, 2.05) is 18.2 Å². The second-order valence-corrected chi connectivity index (χ2v) is 8.11. The van der Waals surface area contributed by atoms with Crippen molar-refractivity contribution in [1.29, 1.82) is 0 Å². The number of benzene rings is 1. The van der Waals surface area contributed by atoms with Crippen molar-refractivity contribution in [2.24, 2.45) is 0 Å². The summed E-state index contributed by atoms with van der Waals surface area (Å²) < 4.78 is 0. The van der Waals surface area contributed by atoms with Gasteiger partial charge in [0.1, 0.15) is 11.6 Å². The molecule has 0 spiro atoms. The number of nitrogens with one attached hydrogen (secondary N) is 2. The maximum atomic E-state index is 12.8. The molecule has 1 aromatic carbocycles. The van der Waals surface area contributed by atoms with E-state index in [4.69, 9.17) is 0 Å². The van der Waals surface area contributed by atoms with Gasteiger partial charge in [0.25, 0.3) is 11.5 Å². The Bertz CT molecular complexity index is 995. The van der Waals surface area contributed by atoms with Crippen molar-refractivity contribution < 1.29 is 14.7 Å². The van der Waals surface area contributed by atoms with E-state index >= 15 is 0 Å². The lowest BCUT2D eigenvalue weighted by molar-refractivity contribution is -0.139. The zero-order valence-corrected chi connectivity index (χ0v) is 16.4.